The van der Waals surface area contributed by atoms with Gasteiger partial charge in [-0.15, -0.1) is 0 Å². The molecule has 31 heavy (non-hydrogen) atoms. The first-order valence-electron chi connectivity index (χ1n) is 10.3. The molecular formula is C22H23ClN2O6. The van der Waals surface area contributed by atoms with Gasteiger partial charge >= 0.3 is 5.97 Å². The Morgan fingerprint density at radius 1 is 1.35 bits per heavy atom. The Bertz CT molecular complexity index is 1010. The molecule has 0 amide bonds. The van der Waals surface area contributed by atoms with Gasteiger partial charge in [0.15, 0.2) is 5.78 Å². The van der Waals surface area contributed by atoms with Crippen molar-refractivity contribution >= 4 is 29.0 Å². The second-order valence-electron chi connectivity index (χ2n) is 7.96. The number of hydrogen-bond donors (Lipinski definition) is 1. The third-order valence-corrected chi connectivity index (χ3v) is 6.27. The van der Waals surface area contributed by atoms with Gasteiger partial charge in [0.05, 0.1) is 16.6 Å². The molecule has 0 spiro atoms. The number of nitrogens with zero attached hydrogens (tertiary/aromatic N) is 1. The molecule has 8 nitrogen and oxygen atoms in total. The highest BCUT2D eigenvalue weighted by atomic mass is 35.5. The summed E-state index contributed by atoms with van der Waals surface area (Å²) < 4.78 is 11.1. The monoisotopic (exact) mass is 446 g/mol. The number of nitro benzene ring substituents is 1. The molecule has 0 aromatic heterocycles. The molecule has 2 heterocycles. The number of Topliss-reactive ketones (excluding diaryl/α,β-unsaturated/α-hetero) is 1. The minimum absolute atomic E-state index is 0.0988. The molecule has 1 aromatic carbocycles. The summed E-state index contributed by atoms with van der Waals surface area (Å²) in [5.41, 5.74) is 2.16. The van der Waals surface area contributed by atoms with Gasteiger partial charge in [-0.3, -0.25) is 14.9 Å². The van der Waals surface area contributed by atoms with Crippen molar-refractivity contribution in [3.63, 3.8) is 0 Å². The number of ether oxygens (including phenoxy) is 2. The van der Waals surface area contributed by atoms with Crippen LogP contribution in [0.2, 0.25) is 5.02 Å². The molecule has 1 fully saturated rings. The van der Waals surface area contributed by atoms with Gasteiger partial charge in [-0.25, -0.2) is 4.79 Å². The quantitative estimate of drug-likeness (QED) is 0.414. The summed E-state index contributed by atoms with van der Waals surface area (Å²) in [4.78, 5) is 36.9. The fourth-order valence-electron chi connectivity index (χ4n) is 4.45. The van der Waals surface area contributed by atoms with Crippen LogP contribution in [0.25, 0.3) is 0 Å². The number of ketones is 1. The molecule has 0 bridgehead atoms. The van der Waals surface area contributed by atoms with Crippen LogP contribution in [0.3, 0.4) is 0 Å². The maximum absolute atomic E-state index is 13.2. The van der Waals surface area contributed by atoms with Crippen LogP contribution in [-0.4, -0.2) is 36.0 Å². The van der Waals surface area contributed by atoms with Gasteiger partial charge in [0, 0.05) is 53.1 Å². The van der Waals surface area contributed by atoms with Crippen molar-refractivity contribution in [2.45, 2.75) is 51.0 Å². The van der Waals surface area contributed by atoms with E-state index in [9.17, 15) is 19.7 Å². The van der Waals surface area contributed by atoms with E-state index < -0.39 is 16.8 Å². The smallest absolute Gasteiger partial charge is 0.336 e. The zero-order chi connectivity index (χ0) is 22.1. The van der Waals surface area contributed by atoms with Crippen molar-refractivity contribution in [1.29, 1.82) is 0 Å². The van der Waals surface area contributed by atoms with E-state index in [0.29, 0.717) is 42.7 Å². The van der Waals surface area contributed by atoms with Crippen molar-refractivity contribution < 1.29 is 24.0 Å². The maximum Gasteiger partial charge on any atom is 0.336 e. The molecule has 0 radical (unpaired) electrons. The van der Waals surface area contributed by atoms with E-state index in [4.69, 9.17) is 21.1 Å². The summed E-state index contributed by atoms with van der Waals surface area (Å²) in [6.45, 7) is 2.50. The first-order chi connectivity index (χ1) is 14.9. The lowest BCUT2D eigenvalue weighted by atomic mass is 9.75. The Hall–Kier alpha value is -2.71. The molecule has 1 aliphatic carbocycles. The van der Waals surface area contributed by atoms with E-state index in [-0.39, 0.29) is 34.8 Å². The largest absolute Gasteiger partial charge is 0.459 e. The van der Waals surface area contributed by atoms with Crippen LogP contribution in [0.5, 0.6) is 0 Å². The highest BCUT2D eigenvalue weighted by Gasteiger charge is 2.40. The molecule has 0 saturated carbocycles. The predicted octanol–water partition coefficient (Wildman–Crippen LogP) is 3.94. The molecular weight excluding hydrogens is 424 g/mol. The molecule has 1 saturated heterocycles. The highest BCUT2D eigenvalue weighted by molar-refractivity contribution is 6.31. The molecule has 2 aliphatic heterocycles. The third kappa shape index (κ3) is 4.22. The van der Waals surface area contributed by atoms with E-state index in [1.165, 1.54) is 18.2 Å². The Kier molecular flexibility index (Phi) is 6.11. The summed E-state index contributed by atoms with van der Waals surface area (Å²) in [6.07, 6.45) is 3.29. The molecule has 2 atom stereocenters. The molecule has 164 valence electrons. The van der Waals surface area contributed by atoms with E-state index in [0.717, 1.165) is 18.5 Å². The van der Waals surface area contributed by atoms with Crippen molar-refractivity contribution in [2.24, 2.45) is 0 Å². The van der Waals surface area contributed by atoms with Crippen LogP contribution < -0.4 is 5.32 Å². The normalized spacial score (nSPS) is 23.5. The summed E-state index contributed by atoms with van der Waals surface area (Å²) in [5.74, 6) is -1.51. The fraction of sp³-hybridized carbons (Fsp3) is 0.455. The van der Waals surface area contributed by atoms with Crippen LogP contribution in [0.1, 0.15) is 50.5 Å². The molecule has 0 unspecified atom stereocenters. The Morgan fingerprint density at radius 2 is 2.16 bits per heavy atom. The van der Waals surface area contributed by atoms with Gasteiger partial charge in [0.2, 0.25) is 0 Å². The minimum Gasteiger partial charge on any atom is -0.459 e. The average Bonchev–Trinajstić information content (AvgIpc) is 3.25. The molecule has 4 rings (SSSR count). The van der Waals surface area contributed by atoms with Crippen LogP contribution >= 0.6 is 11.6 Å². The number of carbonyl (C=O) groups is 2. The number of non-ortho nitro benzene ring substituents is 1. The van der Waals surface area contributed by atoms with Crippen LogP contribution in [0.4, 0.5) is 5.69 Å². The van der Waals surface area contributed by atoms with Crippen LogP contribution in [0, 0.1) is 10.1 Å². The van der Waals surface area contributed by atoms with Crippen molar-refractivity contribution in [3.05, 3.63) is 61.4 Å². The highest BCUT2D eigenvalue weighted by Crippen LogP contribution is 2.45. The van der Waals surface area contributed by atoms with Crippen molar-refractivity contribution in [3.8, 4) is 0 Å². The van der Waals surface area contributed by atoms with Gasteiger partial charge in [-0.2, -0.15) is 0 Å². The minimum atomic E-state index is -0.826. The lowest BCUT2D eigenvalue weighted by molar-refractivity contribution is -0.384. The Morgan fingerprint density at radius 3 is 2.87 bits per heavy atom. The number of halogens is 1. The standard InChI is InChI=1S/C22H23ClN2O6/c1-12-19(22(27)31-11-14-4-3-9-30-14)20(21-17(24-12)5-2-6-18(21)26)15-10-13(25(28)29)7-8-16(15)23/h7-8,10,14,20,24H,2-6,9,11H2,1H3/t14-,20-/m1/s1. The SMILES string of the molecule is CC1=C(C(=O)OC[C@H]2CCCO2)[C@@H](c2cc([N+](=O)[O-])ccc2Cl)C2=C(CCCC2=O)N1. The van der Waals surface area contributed by atoms with Gasteiger partial charge in [-0.1, -0.05) is 11.6 Å². The van der Waals surface area contributed by atoms with Crippen LogP contribution in [-0.2, 0) is 19.1 Å². The number of hydrogen-bond acceptors (Lipinski definition) is 7. The van der Waals surface area contributed by atoms with E-state index in [1.807, 2.05) is 0 Å². The van der Waals surface area contributed by atoms with Gasteiger partial charge in [-0.05, 0) is 44.2 Å². The van der Waals surface area contributed by atoms with E-state index in [1.54, 1.807) is 6.92 Å². The maximum atomic E-state index is 13.2. The van der Waals surface area contributed by atoms with Gasteiger partial charge < -0.3 is 14.8 Å². The number of esters is 1. The van der Waals surface area contributed by atoms with E-state index >= 15 is 0 Å². The fourth-order valence-corrected chi connectivity index (χ4v) is 4.68. The summed E-state index contributed by atoms with van der Waals surface area (Å²) in [7, 11) is 0. The number of carbonyl (C=O) groups excluding carboxylic acids is 2. The topological polar surface area (TPSA) is 108 Å². The van der Waals surface area contributed by atoms with Crippen LogP contribution in [0.15, 0.2) is 40.7 Å². The predicted molar refractivity (Wildman–Crippen MR) is 113 cm³/mol. The second kappa shape index (κ2) is 8.80. The number of benzene rings is 1. The summed E-state index contributed by atoms with van der Waals surface area (Å²) in [6, 6.07) is 4.07. The number of nitro groups is 1. The summed E-state index contributed by atoms with van der Waals surface area (Å²) >= 11 is 6.44. The third-order valence-electron chi connectivity index (χ3n) is 5.92. The number of rotatable bonds is 5. The zero-order valence-electron chi connectivity index (χ0n) is 17.1. The Labute approximate surface area is 184 Å². The van der Waals surface area contributed by atoms with Crippen molar-refractivity contribution in [2.75, 3.05) is 13.2 Å². The first-order valence-corrected chi connectivity index (χ1v) is 10.7. The van der Waals surface area contributed by atoms with Crippen molar-refractivity contribution in [1.82, 2.24) is 5.32 Å². The second-order valence-corrected chi connectivity index (χ2v) is 8.37. The number of dihydropyridines is 1. The lowest BCUT2D eigenvalue weighted by Crippen LogP contribution is -2.35. The molecule has 9 heteroatoms. The first kappa shape index (κ1) is 21.5. The Balaban J connectivity index is 1.77. The van der Waals surface area contributed by atoms with E-state index in [2.05, 4.69) is 5.32 Å². The number of allylic oxidation sites excluding steroid dienone is 3. The summed E-state index contributed by atoms with van der Waals surface area (Å²) in [5, 5.41) is 14.8. The molecule has 1 aromatic rings. The zero-order valence-corrected chi connectivity index (χ0v) is 17.9. The number of nitrogens with one attached hydrogen (secondary N) is 1. The molecule has 3 aliphatic rings. The lowest BCUT2D eigenvalue weighted by Gasteiger charge is -2.34. The molecule has 1 N–H and O–H groups in total. The van der Waals surface area contributed by atoms with Gasteiger partial charge in [0.1, 0.15) is 6.61 Å². The van der Waals surface area contributed by atoms with Gasteiger partial charge in [0.25, 0.3) is 5.69 Å². The average molecular weight is 447 g/mol.